The lowest BCUT2D eigenvalue weighted by Gasteiger charge is -2.35. The van der Waals surface area contributed by atoms with Gasteiger partial charge in [-0.3, -0.25) is 24.6 Å². The third-order valence-corrected chi connectivity index (χ3v) is 10.3. The first kappa shape index (κ1) is 43.3. The van der Waals surface area contributed by atoms with Crippen molar-refractivity contribution in [1.29, 1.82) is 0 Å². The summed E-state index contributed by atoms with van der Waals surface area (Å²) < 4.78 is 5.40. The fourth-order valence-electron chi connectivity index (χ4n) is 7.12. The van der Waals surface area contributed by atoms with Crippen LogP contribution in [0.4, 0.5) is 4.79 Å². The number of ether oxygens (including phenoxy) is 1. The maximum Gasteiger partial charge on any atom is 0.408 e. The molecule has 1 heterocycles. The monoisotopic (exact) mass is 793 g/mol. The van der Waals surface area contributed by atoms with Gasteiger partial charge in [-0.15, -0.1) is 0 Å². The van der Waals surface area contributed by atoms with Gasteiger partial charge in [-0.25, -0.2) is 14.8 Å². The van der Waals surface area contributed by atoms with Crippen molar-refractivity contribution in [2.75, 3.05) is 13.1 Å². The molecule has 5 amide bonds. The Morgan fingerprint density at radius 1 is 0.810 bits per heavy atom. The van der Waals surface area contributed by atoms with Crippen LogP contribution in [0.25, 0.3) is 10.9 Å². The number of hydrazine groups is 1. The zero-order valence-corrected chi connectivity index (χ0v) is 33.1. The molecule has 1 fully saturated rings. The van der Waals surface area contributed by atoms with Gasteiger partial charge in [-0.1, -0.05) is 118 Å². The number of nitrogens with two attached hydrogens (primary N) is 1. The van der Waals surface area contributed by atoms with Crippen LogP contribution in [0.3, 0.4) is 0 Å². The molecule has 3 aromatic carbocycles. The molecule has 0 aliphatic heterocycles. The number of pyridine rings is 1. The average Bonchev–Trinajstić information content (AvgIpc) is 3.22. The zero-order valence-electron chi connectivity index (χ0n) is 33.1. The Bertz CT molecular complexity index is 1970. The van der Waals surface area contributed by atoms with Crippen molar-refractivity contribution in [3.8, 4) is 0 Å². The summed E-state index contributed by atoms with van der Waals surface area (Å²) in [6.07, 6.45) is 2.82. The van der Waals surface area contributed by atoms with Crippen molar-refractivity contribution < 1.29 is 33.8 Å². The van der Waals surface area contributed by atoms with E-state index in [0.717, 1.165) is 48.6 Å². The number of fused-ring (bicyclic) bond motifs is 1. The largest absolute Gasteiger partial charge is 0.445 e. The molecule has 1 saturated carbocycles. The third-order valence-electron chi connectivity index (χ3n) is 10.3. The molecular weight excluding hydrogens is 739 g/mol. The van der Waals surface area contributed by atoms with Gasteiger partial charge in [0.25, 0.3) is 11.8 Å². The van der Waals surface area contributed by atoms with Crippen LogP contribution in [0, 0.1) is 11.8 Å². The first-order valence-electron chi connectivity index (χ1n) is 19.9. The quantitative estimate of drug-likeness (QED) is 0.0754. The van der Waals surface area contributed by atoms with E-state index >= 15 is 0 Å². The van der Waals surface area contributed by atoms with E-state index in [1.54, 1.807) is 23.2 Å². The normalized spacial score (nSPS) is 15.2. The highest BCUT2D eigenvalue weighted by atomic mass is 16.5. The van der Waals surface area contributed by atoms with Crippen LogP contribution in [0.2, 0.25) is 0 Å². The van der Waals surface area contributed by atoms with E-state index in [1.807, 2.05) is 86.6 Å². The summed E-state index contributed by atoms with van der Waals surface area (Å²) in [7, 11) is 0. The summed E-state index contributed by atoms with van der Waals surface area (Å²) in [6.45, 7) is 4.00. The number of carbonyl (C=O) groups excluding carboxylic acids is 5. The molecule has 0 saturated heterocycles. The fraction of sp³-hybridized carbons (Fsp3) is 0.409. The molecule has 4 atom stereocenters. The van der Waals surface area contributed by atoms with E-state index in [-0.39, 0.29) is 37.1 Å². The van der Waals surface area contributed by atoms with Gasteiger partial charge in [0.1, 0.15) is 24.4 Å². The minimum atomic E-state index is -1.37. The van der Waals surface area contributed by atoms with Crippen LogP contribution in [0.1, 0.15) is 74.0 Å². The van der Waals surface area contributed by atoms with Gasteiger partial charge in [-0.2, -0.15) is 0 Å². The van der Waals surface area contributed by atoms with E-state index < -0.39 is 60.4 Å². The SMILES string of the molecule is CC(C)[C@H](NC(=O)OCc1ccccc1)C(=O)NN(CC1CCCCC1)CC(O)C(Cc1ccccc1)NC(=O)[C@H](CC(N)=O)NC(=O)c1ccc2ccccc2n1. The summed E-state index contributed by atoms with van der Waals surface area (Å²) in [5.41, 5.74) is 10.7. The molecule has 1 aromatic heterocycles. The number of hydrogen-bond acceptors (Lipinski definition) is 9. The Hall–Kier alpha value is -5.86. The van der Waals surface area contributed by atoms with Crippen LogP contribution in [0.15, 0.2) is 97.1 Å². The number of aliphatic hydroxyl groups excluding tert-OH is 1. The highest BCUT2D eigenvalue weighted by Gasteiger charge is 2.33. The molecule has 4 aromatic rings. The average molecular weight is 794 g/mol. The van der Waals surface area contributed by atoms with Crippen molar-refractivity contribution >= 4 is 40.6 Å². The lowest BCUT2D eigenvalue weighted by molar-refractivity contribution is -0.131. The number of nitrogens with zero attached hydrogens (tertiary/aromatic N) is 2. The maximum absolute atomic E-state index is 14.0. The molecule has 58 heavy (non-hydrogen) atoms. The van der Waals surface area contributed by atoms with Crippen molar-refractivity contribution in [2.45, 2.75) is 89.6 Å². The predicted octanol–water partition coefficient (Wildman–Crippen LogP) is 4.16. The van der Waals surface area contributed by atoms with Gasteiger partial charge < -0.3 is 31.5 Å². The lowest BCUT2D eigenvalue weighted by Crippen LogP contribution is -2.59. The summed E-state index contributed by atoms with van der Waals surface area (Å²) in [5.74, 6) is -2.77. The highest BCUT2D eigenvalue weighted by molar-refractivity contribution is 5.99. The van der Waals surface area contributed by atoms with Gasteiger partial charge in [0.2, 0.25) is 11.8 Å². The van der Waals surface area contributed by atoms with Crippen LogP contribution in [0.5, 0.6) is 0 Å². The van der Waals surface area contributed by atoms with Crippen molar-refractivity contribution in [3.05, 3.63) is 114 Å². The Morgan fingerprint density at radius 2 is 1.47 bits per heavy atom. The van der Waals surface area contributed by atoms with E-state index in [2.05, 4.69) is 26.4 Å². The van der Waals surface area contributed by atoms with Gasteiger partial charge in [-0.05, 0) is 54.4 Å². The van der Waals surface area contributed by atoms with Crippen molar-refractivity contribution in [1.82, 2.24) is 31.4 Å². The number of amides is 5. The molecule has 1 aliphatic carbocycles. The molecule has 0 bridgehead atoms. The van der Waals surface area contributed by atoms with E-state index in [1.165, 1.54) is 6.07 Å². The second-order valence-electron chi connectivity index (χ2n) is 15.3. The number of aromatic nitrogens is 1. The van der Waals surface area contributed by atoms with Crippen molar-refractivity contribution in [3.63, 3.8) is 0 Å². The molecule has 0 spiro atoms. The van der Waals surface area contributed by atoms with Crippen LogP contribution in [-0.4, -0.2) is 82.1 Å². The van der Waals surface area contributed by atoms with Crippen LogP contribution < -0.4 is 27.1 Å². The second-order valence-corrected chi connectivity index (χ2v) is 15.3. The molecule has 14 heteroatoms. The minimum absolute atomic E-state index is 0.0396. The first-order valence-corrected chi connectivity index (χ1v) is 19.9. The van der Waals surface area contributed by atoms with Gasteiger partial charge in [0.15, 0.2) is 0 Å². The van der Waals surface area contributed by atoms with Gasteiger partial charge >= 0.3 is 6.09 Å². The number of primary amides is 1. The van der Waals surface area contributed by atoms with E-state index in [9.17, 15) is 29.1 Å². The Balaban J connectivity index is 1.32. The van der Waals surface area contributed by atoms with Gasteiger partial charge in [0.05, 0.1) is 24.1 Å². The van der Waals surface area contributed by atoms with Gasteiger partial charge in [0, 0.05) is 18.5 Å². The Labute approximate surface area is 339 Å². The number of carbonyl (C=O) groups is 5. The Morgan fingerprint density at radius 3 is 2.14 bits per heavy atom. The summed E-state index contributed by atoms with van der Waals surface area (Å²) in [5, 5.41) is 22.6. The number of rotatable bonds is 19. The number of hydrogen-bond donors (Lipinski definition) is 6. The first-order chi connectivity index (χ1) is 27.9. The molecule has 14 nitrogen and oxygen atoms in total. The standard InChI is InChI=1S/C44H55N7O7/c1-29(2)40(49-44(57)58-28-32-18-10-5-11-19-32)43(56)50-51(26-31-16-8-4-9-17-31)27-38(52)36(24-30-14-6-3-7-15-30)47-42(55)37(25-39(45)53)48-41(54)35-23-22-33-20-12-13-21-34(33)46-35/h3,5-7,10-15,18-23,29,31,36-38,40,52H,4,8-9,16-17,24-28H2,1-2H3,(H2,45,53)(H,47,55)(H,48,54)(H,49,57)(H,50,56)/t36?,37-,38?,40-/m0/s1. The molecule has 308 valence electrons. The predicted molar refractivity (Wildman–Crippen MR) is 220 cm³/mol. The lowest BCUT2D eigenvalue weighted by atomic mass is 9.89. The second kappa shape index (κ2) is 21.6. The topological polar surface area (TPSA) is 205 Å². The molecule has 5 rings (SSSR count). The number of alkyl carbamates (subject to hydrolysis) is 1. The smallest absolute Gasteiger partial charge is 0.408 e. The molecular formula is C44H55N7O7. The van der Waals surface area contributed by atoms with Crippen LogP contribution >= 0.6 is 0 Å². The molecule has 1 aliphatic rings. The summed E-state index contributed by atoms with van der Waals surface area (Å²) in [4.78, 5) is 70.6. The zero-order chi connectivity index (χ0) is 41.4. The third kappa shape index (κ3) is 13.4. The minimum Gasteiger partial charge on any atom is -0.445 e. The van der Waals surface area contributed by atoms with E-state index in [4.69, 9.17) is 10.5 Å². The summed E-state index contributed by atoms with van der Waals surface area (Å²) in [6, 6.07) is 25.7. The molecule has 7 N–H and O–H groups in total. The van der Waals surface area contributed by atoms with Crippen molar-refractivity contribution in [2.24, 2.45) is 17.6 Å². The highest BCUT2D eigenvalue weighted by Crippen LogP contribution is 2.24. The molecule has 0 radical (unpaired) electrons. The molecule has 2 unspecified atom stereocenters. The summed E-state index contributed by atoms with van der Waals surface area (Å²) >= 11 is 0. The van der Waals surface area contributed by atoms with Crippen LogP contribution in [-0.2, 0) is 32.1 Å². The van der Waals surface area contributed by atoms with E-state index in [0.29, 0.717) is 12.1 Å². The number of para-hydroxylation sites is 1. The Kier molecular flexibility index (Phi) is 16.1. The maximum atomic E-state index is 14.0. The number of benzene rings is 3. The number of aliphatic hydroxyl groups is 1. The number of nitrogens with one attached hydrogen (secondary N) is 4. The fourth-order valence-corrected chi connectivity index (χ4v) is 7.12.